The lowest BCUT2D eigenvalue weighted by molar-refractivity contribution is -0.126. The van der Waals surface area contributed by atoms with Crippen molar-refractivity contribution in [2.24, 2.45) is 0 Å². The number of carbonyl (C=O) groups is 2. The molecule has 0 saturated carbocycles. The van der Waals surface area contributed by atoms with Gasteiger partial charge in [0.25, 0.3) is 0 Å². The Hall–Kier alpha value is -2.87. The van der Waals surface area contributed by atoms with Crippen LogP contribution in [0.4, 0.5) is 5.69 Å². The van der Waals surface area contributed by atoms with Crippen LogP contribution in [-0.4, -0.2) is 36.2 Å². The van der Waals surface area contributed by atoms with Crippen LogP contribution in [0.3, 0.4) is 0 Å². The fourth-order valence-electron chi connectivity index (χ4n) is 2.83. The fraction of sp³-hybridized carbons (Fsp3) is 0.353. The Morgan fingerprint density at radius 1 is 1.36 bits per heavy atom. The standard InChI is InChI=1S/C17H20N4O4/c1-24-9-11-5-10(20-21-11)8-18-17(23)14-7-16(22)19-15-4-3-12(25-2)6-13(14)15/h3-6,14H,7-9H2,1-2H3,(H,18,23)(H,19,22)(H,20,21)/t14-/m0/s1. The van der Waals surface area contributed by atoms with Gasteiger partial charge in [0, 0.05) is 19.2 Å². The van der Waals surface area contributed by atoms with Crippen molar-refractivity contribution in [2.75, 3.05) is 19.5 Å². The molecule has 0 fully saturated rings. The molecule has 0 saturated heterocycles. The number of benzene rings is 1. The molecule has 2 aromatic rings. The summed E-state index contributed by atoms with van der Waals surface area (Å²) in [5.74, 6) is -0.306. The van der Waals surface area contributed by atoms with E-state index in [4.69, 9.17) is 9.47 Å². The van der Waals surface area contributed by atoms with Crippen LogP contribution in [-0.2, 0) is 27.5 Å². The van der Waals surface area contributed by atoms with Crippen molar-refractivity contribution in [3.05, 3.63) is 41.2 Å². The SMILES string of the molecule is COCc1cc(CNC(=O)[C@H]2CC(=O)Nc3ccc(OC)cc32)[nH]n1. The molecule has 132 valence electrons. The molecular weight excluding hydrogens is 324 g/mol. The Morgan fingerprint density at radius 3 is 2.96 bits per heavy atom. The molecular formula is C17H20N4O4. The molecule has 8 heteroatoms. The molecule has 1 aliphatic rings. The van der Waals surface area contributed by atoms with Crippen molar-refractivity contribution in [2.45, 2.75) is 25.5 Å². The predicted octanol–water partition coefficient (Wildman–Crippen LogP) is 1.31. The minimum absolute atomic E-state index is 0.101. The van der Waals surface area contributed by atoms with E-state index in [2.05, 4.69) is 20.8 Å². The second kappa shape index (κ2) is 7.35. The van der Waals surface area contributed by atoms with Crippen LogP contribution in [0, 0.1) is 0 Å². The maximum atomic E-state index is 12.6. The second-order valence-corrected chi connectivity index (χ2v) is 5.79. The highest BCUT2D eigenvalue weighted by molar-refractivity contribution is 6.01. The van der Waals surface area contributed by atoms with Gasteiger partial charge in [0.15, 0.2) is 0 Å². The predicted molar refractivity (Wildman–Crippen MR) is 90.1 cm³/mol. The third kappa shape index (κ3) is 3.80. The Bertz CT molecular complexity index is 787. The Labute approximate surface area is 144 Å². The van der Waals surface area contributed by atoms with E-state index in [1.165, 1.54) is 0 Å². The first-order valence-electron chi connectivity index (χ1n) is 7.88. The van der Waals surface area contributed by atoms with Crippen molar-refractivity contribution in [3.63, 3.8) is 0 Å². The molecule has 2 heterocycles. The molecule has 1 aromatic heterocycles. The molecule has 1 aliphatic heterocycles. The van der Waals surface area contributed by atoms with Crippen LogP contribution < -0.4 is 15.4 Å². The van der Waals surface area contributed by atoms with E-state index in [0.29, 0.717) is 24.6 Å². The van der Waals surface area contributed by atoms with Crippen LogP contribution in [0.1, 0.15) is 29.3 Å². The number of methoxy groups -OCH3 is 2. The molecule has 8 nitrogen and oxygen atoms in total. The van der Waals surface area contributed by atoms with Gasteiger partial charge in [0.05, 0.1) is 37.6 Å². The van der Waals surface area contributed by atoms with Crippen molar-refractivity contribution in [1.29, 1.82) is 0 Å². The van der Waals surface area contributed by atoms with Crippen molar-refractivity contribution in [3.8, 4) is 5.75 Å². The molecule has 0 bridgehead atoms. The molecule has 3 N–H and O–H groups in total. The Balaban J connectivity index is 1.72. The van der Waals surface area contributed by atoms with E-state index >= 15 is 0 Å². The van der Waals surface area contributed by atoms with E-state index in [-0.39, 0.29) is 18.2 Å². The summed E-state index contributed by atoms with van der Waals surface area (Å²) in [4.78, 5) is 24.5. The van der Waals surface area contributed by atoms with E-state index in [1.54, 1.807) is 32.4 Å². The topological polar surface area (TPSA) is 105 Å². The summed E-state index contributed by atoms with van der Waals surface area (Å²) in [5, 5.41) is 12.6. The highest BCUT2D eigenvalue weighted by Crippen LogP contribution is 2.35. The summed E-state index contributed by atoms with van der Waals surface area (Å²) in [6, 6.07) is 7.11. The smallest absolute Gasteiger partial charge is 0.228 e. The molecule has 0 aliphatic carbocycles. The van der Waals surface area contributed by atoms with Gasteiger partial charge in [0.2, 0.25) is 11.8 Å². The lowest BCUT2D eigenvalue weighted by Crippen LogP contribution is -2.34. The van der Waals surface area contributed by atoms with Gasteiger partial charge in [-0.3, -0.25) is 14.7 Å². The minimum Gasteiger partial charge on any atom is -0.497 e. The average molecular weight is 344 g/mol. The molecule has 2 amide bonds. The van der Waals surface area contributed by atoms with Gasteiger partial charge in [0.1, 0.15) is 5.75 Å². The first kappa shape index (κ1) is 17.0. The summed E-state index contributed by atoms with van der Waals surface area (Å²) >= 11 is 0. The summed E-state index contributed by atoms with van der Waals surface area (Å²) in [6.45, 7) is 0.702. The lowest BCUT2D eigenvalue weighted by Gasteiger charge is -2.25. The minimum atomic E-state index is -0.555. The van der Waals surface area contributed by atoms with Gasteiger partial charge in [-0.15, -0.1) is 0 Å². The first-order valence-corrected chi connectivity index (χ1v) is 7.88. The monoisotopic (exact) mass is 344 g/mol. The highest BCUT2D eigenvalue weighted by atomic mass is 16.5. The average Bonchev–Trinajstić information content (AvgIpc) is 3.06. The van der Waals surface area contributed by atoms with Gasteiger partial charge in [-0.1, -0.05) is 0 Å². The van der Waals surface area contributed by atoms with Gasteiger partial charge < -0.3 is 20.1 Å². The fourth-order valence-corrected chi connectivity index (χ4v) is 2.83. The van der Waals surface area contributed by atoms with Crippen LogP contribution in [0.5, 0.6) is 5.75 Å². The lowest BCUT2D eigenvalue weighted by atomic mass is 9.89. The maximum Gasteiger partial charge on any atom is 0.228 e. The molecule has 3 rings (SSSR count). The number of aromatic nitrogens is 2. The number of carbonyl (C=O) groups excluding carboxylic acids is 2. The number of hydrogen-bond acceptors (Lipinski definition) is 5. The largest absolute Gasteiger partial charge is 0.497 e. The van der Waals surface area contributed by atoms with Crippen molar-refractivity contribution in [1.82, 2.24) is 15.5 Å². The van der Waals surface area contributed by atoms with E-state index in [1.807, 2.05) is 6.07 Å². The number of hydrogen-bond donors (Lipinski definition) is 3. The highest BCUT2D eigenvalue weighted by Gasteiger charge is 2.31. The number of fused-ring (bicyclic) bond motifs is 1. The number of H-pyrrole nitrogens is 1. The number of nitrogens with zero attached hydrogens (tertiary/aromatic N) is 1. The van der Waals surface area contributed by atoms with E-state index in [0.717, 1.165) is 17.0 Å². The number of anilines is 1. The number of rotatable bonds is 6. The summed E-state index contributed by atoms with van der Waals surface area (Å²) in [5.41, 5.74) is 2.92. The zero-order chi connectivity index (χ0) is 17.8. The number of amides is 2. The third-order valence-electron chi connectivity index (χ3n) is 4.04. The molecule has 1 atom stereocenters. The summed E-state index contributed by atoms with van der Waals surface area (Å²) in [6.07, 6.45) is 0.101. The molecule has 0 unspecified atom stereocenters. The van der Waals surface area contributed by atoms with Gasteiger partial charge in [-0.05, 0) is 29.8 Å². The Morgan fingerprint density at radius 2 is 2.20 bits per heavy atom. The quantitative estimate of drug-likeness (QED) is 0.733. The number of aromatic amines is 1. The van der Waals surface area contributed by atoms with Crippen molar-refractivity contribution >= 4 is 17.5 Å². The number of nitrogens with one attached hydrogen (secondary N) is 3. The van der Waals surface area contributed by atoms with E-state index < -0.39 is 5.92 Å². The van der Waals surface area contributed by atoms with Crippen LogP contribution in [0.25, 0.3) is 0 Å². The van der Waals surface area contributed by atoms with Crippen LogP contribution in [0.2, 0.25) is 0 Å². The van der Waals surface area contributed by atoms with E-state index in [9.17, 15) is 9.59 Å². The normalized spacial score (nSPS) is 16.1. The van der Waals surface area contributed by atoms with Gasteiger partial charge in [-0.25, -0.2) is 0 Å². The molecule has 1 aromatic carbocycles. The third-order valence-corrected chi connectivity index (χ3v) is 4.04. The second-order valence-electron chi connectivity index (χ2n) is 5.79. The summed E-state index contributed by atoms with van der Waals surface area (Å²) in [7, 11) is 3.16. The summed E-state index contributed by atoms with van der Waals surface area (Å²) < 4.78 is 10.2. The van der Waals surface area contributed by atoms with Crippen LogP contribution in [0.15, 0.2) is 24.3 Å². The zero-order valence-corrected chi connectivity index (χ0v) is 14.1. The molecule has 0 spiro atoms. The first-order chi connectivity index (χ1) is 12.1. The molecule has 25 heavy (non-hydrogen) atoms. The maximum absolute atomic E-state index is 12.6. The van der Waals surface area contributed by atoms with Crippen LogP contribution >= 0.6 is 0 Å². The zero-order valence-electron chi connectivity index (χ0n) is 14.1. The van der Waals surface area contributed by atoms with Gasteiger partial charge in [-0.2, -0.15) is 5.10 Å². The van der Waals surface area contributed by atoms with Gasteiger partial charge >= 0.3 is 0 Å². The van der Waals surface area contributed by atoms with Crippen molar-refractivity contribution < 1.29 is 19.1 Å². The molecule has 0 radical (unpaired) electrons. The Kier molecular flexibility index (Phi) is 4.99. The number of ether oxygens (including phenoxy) is 2.